The van der Waals surface area contributed by atoms with Crippen LogP contribution in [0.1, 0.15) is 43.0 Å². The van der Waals surface area contributed by atoms with Crippen LogP contribution in [-0.2, 0) is 22.7 Å². The molecule has 0 radical (unpaired) electrons. The van der Waals surface area contributed by atoms with Crippen molar-refractivity contribution in [3.63, 3.8) is 0 Å². The van der Waals surface area contributed by atoms with Crippen molar-refractivity contribution in [1.82, 2.24) is 4.98 Å². The largest absolute Gasteiger partial charge is 0.348 e. The lowest BCUT2D eigenvalue weighted by Gasteiger charge is -2.31. The zero-order chi connectivity index (χ0) is 22.7. The minimum Gasteiger partial charge on any atom is -0.348 e. The Morgan fingerprint density at radius 3 is 2.38 bits per heavy atom. The molecule has 0 aliphatic carbocycles. The van der Waals surface area contributed by atoms with Gasteiger partial charge in [0.25, 0.3) is 0 Å². The smallest absolute Gasteiger partial charge is 0.185 e. The second kappa shape index (κ2) is 10.1. The van der Waals surface area contributed by atoms with Gasteiger partial charge in [-0.05, 0) is 48.6 Å². The Kier molecular flexibility index (Phi) is 7.45. The van der Waals surface area contributed by atoms with Crippen molar-refractivity contribution in [2.24, 2.45) is 0 Å². The zero-order valence-corrected chi connectivity index (χ0v) is 21.1. The molecule has 8 heteroatoms. The molecule has 4 rings (SSSR count). The highest BCUT2D eigenvalue weighted by molar-refractivity contribution is 7.92. The summed E-state index contributed by atoms with van der Waals surface area (Å²) in [5, 5.41) is 3.27. The molecule has 0 N–H and O–H groups in total. The first-order valence-corrected chi connectivity index (χ1v) is 14.0. The highest BCUT2D eigenvalue weighted by Crippen LogP contribution is 2.32. The molecule has 0 bridgehead atoms. The van der Waals surface area contributed by atoms with E-state index in [1.54, 1.807) is 17.4 Å². The van der Waals surface area contributed by atoms with Gasteiger partial charge in [-0.15, -0.1) is 11.3 Å². The topological polar surface area (TPSA) is 50.3 Å². The second-order valence-electron chi connectivity index (χ2n) is 8.17. The summed E-state index contributed by atoms with van der Waals surface area (Å²) < 4.78 is 26.1. The average molecular weight is 510 g/mol. The molecule has 170 valence electrons. The maximum Gasteiger partial charge on any atom is 0.185 e. The number of sulfone groups is 1. The van der Waals surface area contributed by atoms with Gasteiger partial charge in [-0.2, -0.15) is 0 Å². The van der Waals surface area contributed by atoms with Crippen LogP contribution in [0.3, 0.4) is 0 Å². The van der Waals surface area contributed by atoms with E-state index in [1.807, 2.05) is 0 Å². The number of halogens is 2. The number of aromatic nitrogens is 1. The van der Waals surface area contributed by atoms with E-state index >= 15 is 0 Å². The number of anilines is 1. The quantitative estimate of drug-likeness (QED) is 0.368. The summed E-state index contributed by atoms with van der Waals surface area (Å²) >= 11 is 13.6. The van der Waals surface area contributed by atoms with Crippen LogP contribution in [0, 0.1) is 0 Å². The summed E-state index contributed by atoms with van der Waals surface area (Å²) in [6.07, 6.45) is 4.20. The summed E-state index contributed by atoms with van der Waals surface area (Å²) in [5.41, 5.74) is 3.68. The fourth-order valence-electron chi connectivity index (χ4n) is 4.05. The third-order valence-corrected chi connectivity index (χ3v) is 9.81. The minimum absolute atomic E-state index is 0.242. The van der Waals surface area contributed by atoms with E-state index in [2.05, 4.69) is 41.5 Å². The molecule has 4 nitrogen and oxygen atoms in total. The van der Waals surface area contributed by atoms with Crippen LogP contribution in [0.15, 0.2) is 52.7 Å². The average Bonchev–Trinajstić information content (AvgIpc) is 3.26. The molecular weight excluding hydrogens is 483 g/mol. The third-order valence-electron chi connectivity index (χ3n) is 5.86. The Labute approximate surface area is 204 Å². The number of benzene rings is 2. The first-order chi connectivity index (χ1) is 15.4. The maximum absolute atomic E-state index is 13.0. The van der Waals surface area contributed by atoms with E-state index in [9.17, 15) is 8.42 Å². The number of hydrogen-bond acceptors (Lipinski definition) is 5. The van der Waals surface area contributed by atoms with E-state index in [0.717, 1.165) is 30.1 Å². The molecule has 1 aliphatic heterocycles. The monoisotopic (exact) mass is 508 g/mol. The Balaban J connectivity index is 1.37. The Hall–Kier alpha value is -1.60. The first kappa shape index (κ1) is 23.6. The van der Waals surface area contributed by atoms with Crippen LogP contribution < -0.4 is 4.90 Å². The van der Waals surface area contributed by atoms with Crippen LogP contribution in [-0.4, -0.2) is 31.7 Å². The van der Waals surface area contributed by atoms with Crippen molar-refractivity contribution >= 4 is 49.5 Å². The van der Waals surface area contributed by atoms with Crippen molar-refractivity contribution in [3.05, 3.63) is 74.7 Å². The van der Waals surface area contributed by atoms with E-state index in [1.165, 1.54) is 23.3 Å². The van der Waals surface area contributed by atoms with E-state index in [-0.39, 0.29) is 9.92 Å². The van der Waals surface area contributed by atoms with Crippen LogP contribution in [0.5, 0.6) is 0 Å². The predicted octanol–water partition coefficient (Wildman–Crippen LogP) is 6.44. The van der Waals surface area contributed by atoms with E-state index in [0.29, 0.717) is 31.0 Å². The molecule has 1 aromatic heterocycles. The van der Waals surface area contributed by atoms with Crippen LogP contribution in [0.2, 0.25) is 10.0 Å². The van der Waals surface area contributed by atoms with Gasteiger partial charge in [0, 0.05) is 24.9 Å². The van der Waals surface area contributed by atoms with E-state index in [4.69, 9.17) is 28.2 Å². The normalized spacial score (nSPS) is 15.3. The van der Waals surface area contributed by atoms with Gasteiger partial charge in [-0.3, -0.25) is 0 Å². The summed E-state index contributed by atoms with van der Waals surface area (Å²) in [5.74, 6) is 0. The number of hydrogen-bond donors (Lipinski definition) is 0. The number of nitrogens with zero attached hydrogens (tertiary/aromatic N) is 2. The van der Waals surface area contributed by atoms with Crippen molar-refractivity contribution in [1.29, 1.82) is 0 Å². The lowest BCUT2D eigenvalue weighted by molar-refractivity contribution is 0.529. The number of aryl methyl sites for hydroxylation is 1. The number of piperidine rings is 1. The molecule has 0 spiro atoms. The fourth-order valence-corrected chi connectivity index (χ4v) is 7.05. The van der Waals surface area contributed by atoms with Gasteiger partial charge in [0.1, 0.15) is 0 Å². The van der Waals surface area contributed by atoms with Gasteiger partial charge in [0.05, 0.1) is 25.9 Å². The molecule has 1 saturated heterocycles. The standard InChI is InChI=1S/C24H26Cl2N2O2S2/c1-2-3-17-4-6-18(7-5-17)14-19-16-31-24(27-19)28-12-10-20(11-13-28)32(29,30)21-8-9-22(25)23(26)15-21/h4-9,15-16,20H,2-3,10-14H2,1H3. The van der Waals surface area contributed by atoms with Gasteiger partial charge in [0.2, 0.25) is 0 Å². The molecule has 2 aromatic carbocycles. The van der Waals surface area contributed by atoms with Gasteiger partial charge in [-0.25, -0.2) is 13.4 Å². The van der Waals surface area contributed by atoms with Crippen molar-refractivity contribution in [3.8, 4) is 0 Å². The van der Waals surface area contributed by atoms with Crippen molar-refractivity contribution < 1.29 is 8.42 Å². The maximum atomic E-state index is 13.0. The lowest BCUT2D eigenvalue weighted by atomic mass is 10.1. The van der Waals surface area contributed by atoms with Gasteiger partial charge in [-0.1, -0.05) is 60.8 Å². The number of rotatable bonds is 7. The van der Waals surface area contributed by atoms with Crippen LogP contribution in [0.4, 0.5) is 5.13 Å². The lowest BCUT2D eigenvalue weighted by Crippen LogP contribution is -2.39. The number of thiazole rings is 1. The van der Waals surface area contributed by atoms with Gasteiger partial charge in [0.15, 0.2) is 15.0 Å². The van der Waals surface area contributed by atoms with Crippen molar-refractivity contribution in [2.75, 3.05) is 18.0 Å². The van der Waals surface area contributed by atoms with Gasteiger partial charge < -0.3 is 4.90 Å². The fraction of sp³-hybridized carbons (Fsp3) is 0.375. The molecule has 1 fully saturated rings. The molecule has 2 heterocycles. The highest BCUT2D eigenvalue weighted by atomic mass is 35.5. The first-order valence-electron chi connectivity index (χ1n) is 10.8. The Morgan fingerprint density at radius 1 is 1.03 bits per heavy atom. The Morgan fingerprint density at radius 2 is 1.72 bits per heavy atom. The van der Waals surface area contributed by atoms with Crippen LogP contribution in [0.25, 0.3) is 0 Å². The molecular formula is C24H26Cl2N2O2S2. The van der Waals surface area contributed by atoms with Crippen molar-refractivity contribution in [2.45, 2.75) is 49.2 Å². The molecule has 3 aromatic rings. The summed E-state index contributed by atoms with van der Waals surface area (Å²) in [6, 6.07) is 13.3. The molecule has 32 heavy (non-hydrogen) atoms. The molecule has 1 aliphatic rings. The summed E-state index contributed by atoms with van der Waals surface area (Å²) in [6.45, 7) is 3.53. The SMILES string of the molecule is CCCc1ccc(Cc2csc(N3CCC(S(=O)(=O)c4ccc(Cl)c(Cl)c4)CC3)n2)cc1. The van der Waals surface area contributed by atoms with Crippen LogP contribution >= 0.6 is 34.5 Å². The highest BCUT2D eigenvalue weighted by Gasteiger charge is 2.32. The van der Waals surface area contributed by atoms with E-state index < -0.39 is 15.1 Å². The Bertz CT molecular complexity index is 1170. The minimum atomic E-state index is -3.44. The third kappa shape index (κ3) is 5.30. The van der Waals surface area contributed by atoms with Gasteiger partial charge >= 0.3 is 0 Å². The predicted molar refractivity (Wildman–Crippen MR) is 134 cm³/mol. The summed E-state index contributed by atoms with van der Waals surface area (Å²) in [4.78, 5) is 7.25. The molecule has 0 unspecified atom stereocenters. The molecule has 0 saturated carbocycles. The second-order valence-corrected chi connectivity index (χ2v) is 12.1. The summed E-state index contributed by atoms with van der Waals surface area (Å²) in [7, 11) is -3.44. The molecule has 0 atom stereocenters. The molecule has 0 amide bonds. The zero-order valence-electron chi connectivity index (χ0n) is 17.9.